The van der Waals surface area contributed by atoms with Gasteiger partial charge in [-0.15, -0.1) is 0 Å². The standard InChI is InChI=1S/C21H44N4/c1-3-22-16-12-18-24(20-22)14-10-8-6-5-7-9-11-15-25-19-13-17-23(4-2)21-25/h3-21H2,1-2H3. The maximum Gasteiger partial charge on any atom is 0.0506 e. The van der Waals surface area contributed by atoms with Crippen LogP contribution < -0.4 is 0 Å². The summed E-state index contributed by atoms with van der Waals surface area (Å²) in [6.07, 6.45) is 12.7. The maximum atomic E-state index is 2.66. The molecule has 0 radical (unpaired) electrons. The summed E-state index contributed by atoms with van der Waals surface area (Å²) in [6, 6.07) is 0. The highest BCUT2D eigenvalue weighted by Gasteiger charge is 2.15. The molecule has 0 aromatic heterocycles. The highest BCUT2D eigenvalue weighted by Crippen LogP contribution is 2.12. The van der Waals surface area contributed by atoms with Crippen molar-refractivity contribution in [3.63, 3.8) is 0 Å². The molecule has 0 spiro atoms. The monoisotopic (exact) mass is 352 g/mol. The van der Waals surface area contributed by atoms with Crippen LogP contribution in [0.3, 0.4) is 0 Å². The predicted molar refractivity (Wildman–Crippen MR) is 109 cm³/mol. The van der Waals surface area contributed by atoms with Crippen LogP contribution in [0.5, 0.6) is 0 Å². The van der Waals surface area contributed by atoms with Gasteiger partial charge in [-0.3, -0.25) is 19.6 Å². The first-order valence-electron chi connectivity index (χ1n) is 11.2. The SMILES string of the molecule is CCN1CCCN(CCCCCCCCCN2CCCN(CC)C2)C1. The topological polar surface area (TPSA) is 13.0 Å². The van der Waals surface area contributed by atoms with Gasteiger partial charge < -0.3 is 0 Å². The molecule has 0 bridgehead atoms. The van der Waals surface area contributed by atoms with Crippen LogP contribution in [0.25, 0.3) is 0 Å². The van der Waals surface area contributed by atoms with Crippen molar-refractivity contribution < 1.29 is 0 Å². The summed E-state index contributed by atoms with van der Waals surface area (Å²) < 4.78 is 0. The van der Waals surface area contributed by atoms with E-state index in [1.54, 1.807) is 0 Å². The fourth-order valence-corrected chi connectivity index (χ4v) is 4.32. The lowest BCUT2D eigenvalue weighted by Crippen LogP contribution is -2.44. The van der Waals surface area contributed by atoms with Crippen molar-refractivity contribution in [3.8, 4) is 0 Å². The first-order chi connectivity index (χ1) is 12.3. The number of nitrogens with zero attached hydrogens (tertiary/aromatic N) is 4. The van der Waals surface area contributed by atoms with Crippen molar-refractivity contribution in [3.05, 3.63) is 0 Å². The molecule has 2 saturated heterocycles. The highest BCUT2D eigenvalue weighted by atomic mass is 15.3. The lowest BCUT2D eigenvalue weighted by molar-refractivity contribution is 0.0885. The van der Waals surface area contributed by atoms with Crippen LogP contribution in [-0.2, 0) is 0 Å². The molecule has 0 unspecified atom stereocenters. The third-order valence-corrected chi connectivity index (χ3v) is 6.04. The van der Waals surface area contributed by atoms with Crippen LogP contribution >= 0.6 is 0 Å². The van der Waals surface area contributed by atoms with E-state index in [-0.39, 0.29) is 0 Å². The van der Waals surface area contributed by atoms with Crippen molar-refractivity contribution in [1.82, 2.24) is 19.6 Å². The average molecular weight is 353 g/mol. The summed E-state index contributed by atoms with van der Waals surface area (Å²) in [5, 5.41) is 0. The second-order valence-electron chi connectivity index (χ2n) is 8.12. The fourth-order valence-electron chi connectivity index (χ4n) is 4.32. The summed E-state index contributed by atoms with van der Waals surface area (Å²) in [4.78, 5) is 10.5. The highest BCUT2D eigenvalue weighted by molar-refractivity contribution is 4.68. The van der Waals surface area contributed by atoms with E-state index in [4.69, 9.17) is 0 Å². The molecule has 0 aromatic carbocycles. The van der Waals surface area contributed by atoms with E-state index in [1.165, 1.54) is 123 Å². The molecule has 0 atom stereocenters. The van der Waals surface area contributed by atoms with Gasteiger partial charge in [0.2, 0.25) is 0 Å². The second-order valence-corrected chi connectivity index (χ2v) is 8.12. The van der Waals surface area contributed by atoms with Crippen LogP contribution in [0.2, 0.25) is 0 Å². The fraction of sp³-hybridized carbons (Fsp3) is 1.00. The molecule has 25 heavy (non-hydrogen) atoms. The molecule has 4 nitrogen and oxygen atoms in total. The Labute approximate surface area is 157 Å². The molecule has 2 fully saturated rings. The van der Waals surface area contributed by atoms with E-state index >= 15 is 0 Å². The van der Waals surface area contributed by atoms with Gasteiger partial charge >= 0.3 is 0 Å². The summed E-state index contributed by atoms with van der Waals surface area (Å²) in [6.45, 7) is 17.3. The molecule has 2 rings (SSSR count). The van der Waals surface area contributed by atoms with E-state index < -0.39 is 0 Å². The minimum Gasteiger partial charge on any atom is -0.291 e. The lowest BCUT2D eigenvalue weighted by atomic mass is 10.1. The van der Waals surface area contributed by atoms with Crippen LogP contribution in [0, 0.1) is 0 Å². The first-order valence-corrected chi connectivity index (χ1v) is 11.2. The van der Waals surface area contributed by atoms with E-state index in [9.17, 15) is 0 Å². The third kappa shape index (κ3) is 8.85. The van der Waals surface area contributed by atoms with E-state index in [0.717, 1.165) is 0 Å². The summed E-state index contributed by atoms with van der Waals surface area (Å²) in [7, 11) is 0. The van der Waals surface area contributed by atoms with Gasteiger partial charge in [-0.05, 0) is 51.9 Å². The van der Waals surface area contributed by atoms with Crippen molar-refractivity contribution in [2.45, 2.75) is 71.6 Å². The molecular weight excluding hydrogens is 308 g/mol. The smallest absolute Gasteiger partial charge is 0.0506 e. The average Bonchev–Trinajstić information content (AvgIpc) is 2.67. The zero-order valence-electron chi connectivity index (χ0n) is 17.2. The largest absolute Gasteiger partial charge is 0.291 e. The predicted octanol–water partition coefficient (Wildman–Crippen LogP) is 3.69. The number of rotatable bonds is 12. The van der Waals surface area contributed by atoms with Crippen molar-refractivity contribution >= 4 is 0 Å². The van der Waals surface area contributed by atoms with Gasteiger partial charge in [0.25, 0.3) is 0 Å². The maximum absolute atomic E-state index is 2.66. The summed E-state index contributed by atoms with van der Waals surface area (Å²) >= 11 is 0. The van der Waals surface area contributed by atoms with E-state index in [0.29, 0.717) is 0 Å². The Morgan fingerprint density at radius 2 is 0.840 bits per heavy atom. The minimum atomic E-state index is 1.21. The first kappa shape index (κ1) is 21.1. The van der Waals surface area contributed by atoms with Gasteiger partial charge in [0.1, 0.15) is 0 Å². The molecule has 0 aliphatic carbocycles. The molecule has 0 aromatic rings. The Bertz CT molecular complexity index is 293. The zero-order chi connectivity index (χ0) is 17.7. The van der Waals surface area contributed by atoms with Crippen molar-refractivity contribution in [1.29, 1.82) is 0 Å². The Morgan fingerprint density at radius 3 is 1.24 bits per heavy atom. The van der Waals surface area contributed by atoms with Crippen LogP contribution in [0.4, 0.5) is 0 Å². The molecule has 0 saturated carbocycles. The van der Waals surface area contributed by atoms with Gasteiger partial charge in [0.05, 0.1) is 13.3 Å². The Balaban J connectivity index is 1.36. The van der Waals surface area contributed by atoms with Crippen LogP contribution in [-0.4, -0.2) is 85.3 Å². The normalized spacial score (nSPS) is 21.8. The Morgan fingerprint density at radius 1 is 0.480 bits per heavy atom. The third-order valence-electron chi connectivity index (χ3n) is 6.04. The quantitative estimate of drug-likeness (QED) is 0.497. The Kier molecular flexibility index (Phi) is 11.1. The summed E-state index contributed by atoms with van der Waals surface area (Å²) in [5.74, 6) is 0. The van der Waals surface area contributed by atoms with Gasteiger partial charge in [0.15, 0.2) is 0 Å². The molecule has 0 amide bonds. The van der Waals surface area contributed by atoms with Gasteiger partial charge in [-0.25, -0.2) is 0 Å². The van der Waals surface area contributed by atoms with E-state index in [1.807, 2.05) is 0 Å². The minimum absolute atomic E-state index is 1.21. The lowest BCUT2D eigenvalue weighted by Gasteiger charge is -2.35. The van der Waals surface area contributed by atoms with E-state index in [2.05, 4.69) is 33.4 Å². The van der Waals surface area contributed by atoms with Gasteiger partial charge in [-0.2, -0.15) is 0 Å². The van der Waals surface area contributed by atoms with Crippen molar-refractivity contribution in [2.24, 2.45) is 0 Å². The molecule has 0 N–H and O–H groups in total. The zero-order valence-corrected chi connectivity index (χ0v) is 17.2. The van der Waals surface area contributed by atoms with Crippen molar-refractivity contribution in [2.75, 3.05) is 65.7 Å². The second kappa shape index (κ2) is 13.1. The molecule has 4 heteroatoms. The molecule has 148 valence electrons. The number of unbranched alkanes of at least 4 members (excludes halogenated alkanes) is 6. The van der Waals surface area contributed by atoms with Crippen LogP contribution in [0.15, 0.2) is 0 Å². The summed E-state index contributed by atoms with van der Waals surface area (Å²) in [5.41, 5.74) is 0. The number of hydrogen-bond donors (Lipinski definition) is 0. The molecular formula is C21H44N4. The molecule has 2 aliphatic heterocycles. The Hall–Kier alpha value is -0.160. The molecule has 2 heterocycles. The van der Waals surface area contributed by atoms with Gasteiger partial charge in [-0.1, -0.05) is 46.0 Å². The van der Waals surface area contributed by atoms with Crippen LogP contribution in [0.1, 0.15) is 71.6 Å². The van der Waals surface area contributed by atoms with Gasteiger partial charge in [0, 0.05) is 26.2 Å². The molecule has 2 aliphatic rings. The number of hydrogen-bond acceptors (Lipinski definition) is 4.